The van der Waals surface area contributed by atoms with Crippen LogP contribution in [0.1, 0.15) is 190 Å². The minimum atomic E-state index is -0.463. The van der Waals surface area contributed by atoms with Crippen molar-refractivity contribution in [3.63, 3.8) is 0 Å². The van der Waals surface area contributed by atoms with Crippen molar-refractivity contribution in [3.05, 3.63) is 18.0 Å². The molecule has 6 nitrogen and oxygen atoms in total. The number of fused-ring (bicyclic) bond motifs is 10. The summed E-state index contributed by atoms with van der Waals surface area (Å²) < 4.78 is 1.84. The molecular formula is C52H87BrN2O4. The zero-order valence-electron chi connectivity index (χ0n) is 37.0. The summed E-state index contributed by atoms with van der Waals surface area (Å²) in [6, 6.07) is 0. The van der Waals surface area contributed by atoms with Gasteiger partial charge in [-0.3, -0.25) is 14.3 Å². The number of alkyl halides is 1. The number of nitrogens with zero attached hydrogens (tertiary/aromatic N) is 2. The number of carbonyl (C=O) groups excluding carboxylic acids is 2. The number of rotatable bonds is 7. The maximum absolute atomic E-state index is 13.4. The van der Waals surface area contributed by atoms with Gasteiger partial charge >= 0.3 is 0 Å². The average molecular weight is 884 g/mol. The largest absolute Gasteiger partial charge is 0.390 e. The maximum atomic E-state index is 13.4. The van der Waals surface area contributed by atoms with Gasteiger partial charge in [-0.1, -0.05) is 58.5 Å². The van der Waals surface area contributed by atoms with Gasteiger partial charge < -0.3 is 10.2 Å². The molecule has 1 heterocycles. The summed E-state index contributed by atoms with van der Waals surface area (Å²) in [5.41, 5.74) is 1.52. The van der Waals surface area contributed by atoms with Crippen LogP contribution in [0.2, 0.25) is 0 Å². The number of carbonyl (C=O) groups is 2. The summed E-state index contributed by atoms with van der Waals surface area (Å²) in [5.74, 6) is 7.42. The minimum absolute atomic E-state index is 0. The second-order valence-electron chi connectivity index (χ2n) is 23.0. The molecule has 8 saturated carbocycles. The van der Waals surface area contributed by atoms with E-state index >= 15 is 0 Å². The highest BCUT2D eigenvalue weighted by atomic mass is 79.9. The molecule has 0 bridgehead atoms. The van der Waals surface area contributed by atoms with Crippen molar-refractivity contribution < 1.29 is 19.8 Å². The number of hydrogen-bond acceptors (Lipinski definition) is 5. The van der Waals surface area contributed by atoms with Gasteiger partial charge in [0, 0.05) is 18.0 Å². The van der Waals surface area contributed by atoms with Crippen LogP contribution in [0.4, 0.5) is 0 Å². The van der Waals surface area contributed by atoms with Crippen LogP contribution in [0, 0.1) is 87.8 Å². The summed E-state index contributed by atoms with van der Waals surface area (Å²) in [7, 11) is 0. The van der Waals surface area contributed by atoms with Gasteiger partial charge in [-0.2, -0.15) is 5.10 Å². The quantitative estimate of drug-likeness (QED) is 0.266. The Balaban J connectivity index is 0.000000195. The SMILES string of the molecule is C.C.CC[C@]12CC[C@@](C)(O)C[C@@H]1CC[C@H]1[C@@H]3CC[C@H](C(=O)CBr)[C@@]3(C)CC[C@@H]12.CC[C@]12CC[C@@](C)(O)C[C@@H]1CC[C@H]1[C@@H]3CC[C@H](C(=O)Cn4cc(C)cn4)[C@@]3(C)CC[C@@H]12. The van der Waals surface area contributed by atoms with Crippen molar-refractivity contribution in [3.8, 4) is 0 Å². The molecule has 7 heteroatoms. The Hall–Kier alpha value is -1.05. The number of aliphatic hydroxyl groups is 2. The number of hydrogen-bond donors (Lipinski definition) is 2. The molecule has 8 aliphatic carbocycles. The van der Waals surface area contributed by atoms with Crippen LogP contribution in [0.3, 0.4) is 0 Å². The van der Waals surface area contributed by atoms with Gasteiger partial charge in [0.25, 0.3) is 0 Å². The fraction of sp³-hybridized carbons (Fsp3) is 0.904. The summed E-state index contributed by atoms with van der Waals surface area (Å²) in [5, 5.41) is 26.4. The molecule has 336 valence electrons. The van der Waals surface area contributed by atoms with E-state index in [0.717, 1.165) is 73.7 Å². The van der Waals surface area contributed by atoms with Gasteiger partial charge in [-0.25, -0.2) is 0 Å². The van der Waals surface area contributed by atoms with Crippen LogP contribution in [-0.2, 0) is 16.1 Å². The van der Waals surface area contributed by atoms with E-state index in [4.69, 9.17) is 0 Å². The van der Waals surface area contributed by atoms with Crippen LogP contribution < -0.4 is 0 Å². The summed E-state index contributed by atoms with van der Waals surface area (Å²) in [6.07, 6.45) is 27.7. The lowest BCUT2D eigenvalue weighted by Gasteiger charge is -2.63. The molecule has 8 fully saturated rings. The minimum Gasteiger partial charge on any atom is -0.390 e. The lowest BCUT2D eigenvalue weighted by Crippen LogP contribution is -2.56. The highest BCUT2D eigenvalue weighted by Gasteiger charge is 2.64. The normalized spacial score (nSPS) is 48.2. The second kappa shape index (κ2) is 17.2. The summed E-state index contributed by atoms with van der Waals surface area (Å²) in [4.78, 5) is 26.0. The molecule has 0 unspecified atom stereocenters. The molecule has 59 heavy (non-hydrogen) atoms. The number of aromatic nitrogens is 2. The van der Waals surface area contributed by atoms with Crippen LogP contribution in [0.5, 0.6) is 0 Å². The molecule has 0 spiro atoms. The van der Waals surface area contributed by atoms with Gasteiger partial charge in [0.15, 0.2) is 5.78 Å². The highest BCUT2D eigenvalue weighted by molar-refractivity contribution is 9.09. The Labute approximate surface area is 369 Å². The van der Waals surface area contributed by atoms with E-state index in [2.05, 4.69) is 62.6 Å². The number of ketones is 2. The molecule has 0 aromatic carbocycles. The van der Waals surface area contributed by atoms with E-state index in [1.807, 2.05) is 24.0 Å². The first-order chi connectivity index (χ1) is 27.0. The van der Waals surface area contributed by atoms with Crippen molar-refractivity contribution in [2.45, 2.75) is 209 Å². The van der Waals surface area contributed by atoms with Crippen molar-refractivity contribution >= 4 is 27.5 Å². The fourth-order valence-electron chi connectivity index (χ4n) is 17.9. The predicted octanol–water partition coefficient (Wildman–Crippen LogP) is 12.6. The predicted molar refractivity (Wildman–Crippen MR) is 245 cm³/mol. The Bertz CT molecular complexity index is 1650. The van der Waals surface area contributed by atoms with E-state index < -0.39 is 11.2 Å². The van der Waals surface area contributed by atoms with E-state index in [0.29, 0.717) is 52.0 Å². The maximum Gasteiger partial charge on any atom is 0.157 e. The topological polar surface area (TPSA) is 92.4 Å². The van der Waals surface area contributed by atoms with Crippen molar-refractivity contribution in [1.29, 1.82) is 0 Å². The van der Waals surface area contributed by atoms with Crippen LogP contribution in [-0.4, -0.2) is 48.1 Å². The molecule has 0 amide bonds. The first kappa shape index (κ1) is 47.4. The van der Waals surface area contributed by atoms with E-state index in [-0.39, 0.29) is 37.5 Å². The molecule has 0 aliphatic heterocycles. The van der Waals surface area contributed by atoms with Gasteiger partial charge in [0.2, 0.25) is 0 Å². The molecule has 16 atom stereocenters. The Kier molecular flexibility index (Phi) is 13.8. The Morgan fingerprint density at radius 3 is 1.53 bits per heavy atom. The molecule has 0 saturated heterocycles. The first-order valence-corrected chi connectivity index (χ1v) is 25.1. The molecule has 1 aromatic rings. The third kappa shape index (κ3) is 7.86. The van der Waals surface area contributed by atoms with Crippen molar-refractivity contribution in [2.75, 3.05) is 5.33 Å². The fourth-order valence-corrected chi connectivity index (χ4v) is 18.3. The smallest absolute Gasteiger partial charge is 0.157 e. The third-order valence-electron chi connectivity index (χ3n) is 20.6. The number of aryl methyl sites for hydroxylation is 1. The highest BCUT2D eigenvalue weighted by Crippen LogP contribution is 2.71. The van der Waals surface area contributed by atoms with Crippen molar-refractivity contribution in [2.24, 2.45) is 80.8 Å². The lowest BCUT2D eigenvalue weighted by molar-refractivity contribution is -0.158. The monoisotopic (exact) mass is 883 g/mol. The summed E-state index contributed by atoms with van der Waals surface area (Å²) >= 11 is 3.44. The second-order valence-corrected chi connectivity index (χ2v) is 23.6. The molecule has 9 rings (SSSR count). The number of Topliss-reactive ketones (excluding diaryl/α,β-unsaturated/α-hetero) is 2. The molecular weight excluding hydrogens is 796 g/mol. The van der Waals surface area contributed by atoms with Gasteiger partial charge in [-0.05, 0) is 224 Å². The van der Waals surface area contributed by atoms with Crippen LogP contribution in [0.25, 0.3) is 0 Å². The van der Waals surface area contributed by atoms with E-state index in [1.165, 1.54) is 89.9 Å². The first-order valence-electron chi connectivity index (χ1n) is 24.0. The van der Waals surface area contributed by atoms with E-state index in [9.17, 15) is 19.8 Å². The Morgan fingerprint density at radius 1 is 0.661 bits per heavy atom. The Morgan fingerprint density at radius 2 is 1.12 bits per heavy atom. The van der Waals surface area contributed by atoms with Gasteiger partial charge in [-0.15, -0.1) is 0 Å². The van der Waals surface area contributed by atoms with Crippen LogP contribution >= 0.6 is 15.9 Å². The van der Waals surface area contributed by atoms with E-state index in [1.54, 1.807) is 0 Å². The van der Waals surface area contributed by atoms with Crippen molar-refractivity contribution in [1.82, 2.24) is 9.78 Å². The molecule has 2 N–H and O–H groups in total. The summed E-state index contributed by atoms with van der Waals surface area (Å²) in [6.45, 7) is 16.3. The molecule has 0 radical (unpaired) electrons. The number of halogens is 1. The molecule has 8 aliphatic rings. The zero-order valence-corrected chi connectivity index (χ0v) is 38.6. The van der Waals surface area contributed by atoms with Crippen LogP contribution in [0.15, 0.2) is 12.4 Å². The average Bonchev–Trinajstić information content (AvgIpc) is 3.87. The molecule has 1 aromatic heterocycles. The standard InChI is InChI=1S/C27H42N2O2.C23H37BrO2.2CH4/c1-5-27-13-12-25(3,31)14-19(27)6-7-20-21-8-9-23(26(21,4)11-10-22(20)27)24(30)17-29-16-18(2)15-28-29;1-4-23-12-11-21(2,26)13-15(23)5-6-16-17-7-8-19(20(25)14-24)22(17,3)10-9-18(16)23;;/h15-16,19-23,31H,5-14,17H2,1-4H3;15-19,26H,4-14H2,1-3H3;2*1H4/t19-,20-,21-,22-,23+,25+,26-,27-;15-,16-,17-,18-,19+,21+,22-,23-;;/m00../s1. The van der Waals surface area contributed by atoms with Gasteiger partial charge in [0.05, 0.1) is 29.3 Å². The lowest BCUT2D eigenvalue weighted by atomic mass is 9.42. The third-order valence-corrected chi connectivity index (χ3v) is 21.2. The zero-order chi connectivity index (χ0) is 40.8. The van der Waals surface area contributed by atoms with Gasteiger partial charge in [0.1, 0.15) is 5.78 Å².